The molecule has 16 heavy (non-hydrogen) atoms. The van der Waals surface area contributed by atoms with Gasteiger partial charge in [0.05, 0.1) is 6.61 Å². The highest BCUT2D eigenvalue weighted by Crippen LogP contribution is 2.32. The Morgan fingerprint density at radius 2 is 1.69 bits per heavy atom. The largest absolute Gasteiger partial charge is 0.392 e. The van der Waals surface area contributed by atoms with Crippen LogP contribution in [0.2, 0.25) is 10.0 Å². The third-order valence-corrected chi connectivity index (χ3v) is 2.96. The number of aliphatic hydroxyl groups is 1. The van der Waals surface area contributed by atoms with Gasteiger partial charge in [0, 0.05) is 15.6 Å². The van der Waals surface area contributed by atoms with E-state index in [9.17, 15) is 5.11 Å². The first-order valence-corrected chi connectivity index (χ1v) is 5.62. The molecule has 0 unspecified atom stereocenters. The molecule has 0 saturated carbocycles. The standard InChI is InChI=1S/C13H10Cl2O/c14-10-5-6-12(13(15)7-10)11-4-2-1-3-9(11)8-16/h1-7,16H,8H2. The molecular formula is C13H10Cl2O. The van der Waals surface area contributed by atoms with Crippen molar-refractivity contribution >= 4 is 23.2 Å². The second-order valence-corrected chi connectivity index (χ2v) is 4.28. The molecule has 0 aliphatic carbocycles. The van der Waals surface area contributed by atoms with E-state index in [-0.39, 0.29) is 6.61 Å². The molecule has 1 nitrogen and oxygen atoms in total. The van der Waals surface area contributed by atoms with E-state index in [2.05, 4.69) is 0 Å². The minimum absolute atomic E-state index is 0.00483. The van der Waals surface area contributed by atoms with E-state index in [0.29, 0.717) is 10.0 Å². The summed E-state index contributed by atoms with van der Waals surface area (Å²) in [5.74, 6) is 0. The minimum Gasteiger partial charge on any atom is -0.392 e. The van der Waals surface area contributed by atoms with E-state index < -0.39 is 0 Å². The molecule has 1 N–H and O–H groups in total. The van der Waals surface area contributed by atoms with Crippen LogP contribution in [0.3, 0.4) is 0 Å². The van der Waals surface area contributed by atoms with E-state index >= 15 is 0 Å². The van der Waals surface area contributed by atoms with Gasteiger partial charge in [0.25, 0.3) is 0 Å². The molecule has 0 heterocycles. The maximum absolute atomic E-state index is 9.26. The smallest absolute Gasteiger partial charge is 0.0687 e. The van der Waals surface area contributed by atoms with E-state index in [4.69, 9.17) is 23.2 Å². The van der Waals surface area contributed by atoms with Crippen LogP contribution in [0.4, 0.5) is 0 Å². The van der Waals surface area contributed by atoms with Crippen molar-refractivity contribution in [1.29, 1.82) is 0 Å². The van der Waals surface area contributed by atoms with Gasteiger partial charge in [0.2, 0.25) is 0 Å². The van der Waals surface area contributed by atoms with Crippen LogP contribution in [-0.4, -0.2) is 5.11 Å². The molecule has 0 amide bonds. The Labute approximate surface area is 104 Å². The van der Waals surface area contributed by atoms with Gasteiger partial charge in [-0.05, 0) is 23.3 Å². The fourth-order valence-corrected chi connectivity index (χ4v) is 2.14. The lowest BCUT2D eigenvalue weighted by Crippen LogP contribution is -1.89. The zero-order valence-electron chi connectivity index (χ0n) is 8.45. The minimum atomic E-state index is -0.00483. The van der Waals surface area contributed by atoms with Crippen molar-refractivity contribution in [3.63, 3.8) is 0 Å². The average molecular weight is 253 g/mol. The van der Waals surface area contributed by atoms with Crippen LogP contribution in [-0.2, 0) is 6.61 Å². The van der Waals surface area contributed by atoms with E-state index in [1.807, 2.05) is 30.3 Å². The lowest BCUT2D eigenvalue weighted by molar-refractivity contribution is 0.282. The van der Waals surface area contributed by atoms with Crippen molar-refractivity contribution < 1.29 is 5.11 Å². The molecule has 0 atom stereocenters. The molecule has 0 radical (unpaired) electrons. The molecule has 0 aliphatic rings. The molecule has 0 aliphatic heterocycles. The van der Waals surface area contributed by atoms with Gasteiger partial charge in [0.1, 0.15) is 0 Å². The SMILES string of the molecule is OCc1ccccc1-c1ccc(Cl)cc1Cl. The lowest BCUT2D eigenvalue weighted by Gasteiger charge is -2.09. The molecule has 3 heteroatoms. The fourth-order valence-electron chi connectivity index (χ4n) is 1.63. The van der Waals surface area contributed by atoms with Gasteiger partial charge in [0.15, 0.2) is 0 Å². The summed E-state index contributed by atoms with van der Waals surface area (Å²) in [5.41, 5.74) is 2.68. The van der Waals surface area contributed by atoms with Crippen LogP contribution >= 0.6 is 23.2 Å². The van der Waals surface area contributed by atoms with Gasteiger partial charge in [-0.15, -0.1) is 0 Å². The number of hydrogen-bond acceptors (Lipinski definition) is 1. The summed E-state index contributed by atoms with van der Waals surface area (Å²) >= 11 is 12.0. The monoisotopic (exact) mass is 252 g/mol. The highest BCUT2D eigenvalue weighted by molar-refractivity contribution is 6.36. The number of hydrogen-bond donors (Lipinski definition) is 1. The fraction of sp³-hybridized carbons (Fsp3) is 0.0769. The van der Waals surface area contributed by atoms with Crippen molar-refractivity contribution in [2.75, 3.05) is 0 Å². The van der Waals surface area contributed by atoms with Gasteiger partial charge in [-0.2, -0.15) is 0 Å². The van der Waals surface area contributed by atoms with Crippen LogP contribution in [0.5, 0.6) is 0 Å². The third kappa shape index (κ3) is 2.22. The van der Waals surface area contributed by atoms with Crippen LogP contribution in [0.15, 0.2) is 42.5 Å². The maximum atomic E-state index is 9.26. The second kappa shape index (κ2) is 4.88. The highest BCUT2D eigenvalue weighted by atomic mass is 35.5. The second-order valence-electron chi connectivity index (χ2n) is 3.44. The molecule has 0 fully saturated rings. The Hall–Kier alpha value is -1.02. The van der Waals surface area contributed by atoms with Crippen molar-refractivity contribution in [3.8, 4) is 11.1 Å². The predicted octanol–water partition coefficient (Wildman–Crippen LogP) is 4.15. The normalized spacial score (nSPS) is 10.4. The van der Waals surface area contributed by atoms with Gasteiger partial charge in [-0.3, -0.25) is 0 Å². The summed E-state index contributed by atoms with van der Waals surface area (Å²) in [7, 11) is 0. The Bertz CT molecular complexity index is 509. The van der Waals surface area contributed by atoms with Crippen LogP contribution in [0.1, 0.15) is 5.56 Å². The zero-order chi connectivity index (χ0) is 11.5. The van der Waals surface area contributed by atoms with Gasteiger partial charge in [-0.1, -0.05) is 53.5 Å². The molecule has 2 rings (SSSR count). The van der Waals surface area contributed by atoms with E-state index in [0.717, 1.165) is 16.7 Å². The van der Waals surface area contributed by atoms with Gasteiger partial charge >= 0.3 is 0 Å². The Morgan fingerprint density at radius 1 is 0.938 bits per heavy atom. The summed E-state index contributed by atoms with van der Waals surface area (Å²) in [4.78, 5) is 0. The molecule has 0 saturated heterocycles. The van der Waals surface area contributed by atoms with Crippen molar-refractivity contribution in [3.05, 3.63) is 58.1 Å². The predicted molar refractivity (Wildman–Crippen MR) is 67.8 cm³/mol. The lowest BCUT2D eigenvalue weighted by atomic mass is 10.0. The van der Waals surface area contributed by atoms with Crippen molar-refractivity contribution in [2.24, 2.45) is 0 Å². The number of rotatable bonds is 2. The van der Waals surface area contributed by atoms with Crippen LogP contribution in [0, 0.1) is 0 Å². The molecule has 0 bridgehead atoms. The Kier molecular flexibility index (Phi) is 3.49. The van der Waals surface area contributed by atoms with Crippen molar-refractivity contribution in [2.45, 2.75) is 6.61 Å². The Balaban J connectivity index is 2.58. The molecule has 2 aromatic rings. The maximum Gasteiger partial charge on any atom is 0.0687 e. The Morgan fingerprint density at radius 3 is 2.38 bits per heavy atom. The molecule has 0 aromatic heterocycles. The third-order valence-electron chi connectivity index (χ3n) is 2.41. The molecular weight excluding hydrogens is 243 g/mol. The highest BCUT2D eigenvalue weighted by Gasteiger charge is 2.07. The van der Waals surface area contributed by atoms with Crippen molar-refractivity contribution in [1.82, 2.24) is 0 Å². The van der Waals surface area contributed by atoms with Gasteiger partial charge < -0.3 is 5.11 Å². The summed E-state index contributed by atoms with van der Waals surface area (Å²) in [5, 5.41) is 10.5. The summed E-state index contributed by atoms with van der Waals surface area (Å²) in [6.07, 6.45) is 0. The topological polar surface area (TPSA) is 20.2 Å². The van der Waals surface area contributed by atoms with Crippen LogP contribution < -0.4 is 0 Å². The molecule has 2 aromatic carbocycles. The summed E-state index contributed by atoms with van der Waals surface area (Å²) in [6.45, 7) is -0.00483. The zero-order valence-corrected chi connectivity index (χ0v) is 9.96. The number of halogens is 2. The number of benzene rings is 2. The quantitative estimate of drug-likeness (QED) is 0.852. The first-order chi connectivity index (χ1) is 7.72. The number of aliphatic hydroxyl groups excluding tert-OH is 1. The van der Waals surface area contributed by atoms with E-state index in [1.54, 1.807) is 12.1 Å². The molecule has 82 valence electrons. The van der Waals surface area contributed by atoms with Gasteiger partial charge in [-0.25, -0.2) is 0 Å². The summed E-state index contributed by atoms with van der Waals surface area (Å²) < 4.78 is 0. The summed E-state index contributed by atoms with van der Waals surface area (Å²) in [6, 6.07) is 13.0. The average Bonchev–Trinajstić information content (AvgIpc) is 2.29. The van der Waals surface area contributed by atoms with Crippen LogP contribution in [0.25, 0.3) is 11.1 Å². The first kappa shape index (κ1) is 11.5. The molecule has 0 spiro atoms. The first-order valence-electron chi connectivity index (χ1n) is 4.86. The van der Waals surface area contributed by atoms with E-state index in [1.165, 1.54) is 0 Å².